The molecule has 4 heteroatoms. The van der Waals surface area contributed by atoms with Crippen molar-refractivity contribution in [2.45, 2.75) is 71.5 Å². The highest BCUT2D eigenvalue weighted by Crippen LogP contribution is 2.35. The van der Waals surface area contributed by atoms with E-state index in [9.17, 15) is 0 Å². The van der Waals surface area contributed by atoms with Crippen LogP contribution in [0.15, 0.2) is 0 Å². The van der Waals surface area contributed by atoms with E-state index in [1.807, 2.05) is 11.3 Å². The summed E-state index contributed by atoms with van der Waals surface area (Å²) < 4.78 is 0. The summed E-state index contributed by atoms with van der Waals surface area (Å²) in [5.74, 6) is 0.916. The second kappa shape index (κ2) is 6.02. The third kappa shape index (κ3) is 3.53. The van der Waals surface area contributed by atoms with Gasteiger partial charge in [0.05, 0.1) is 5.69 Å². The fourth-order valence-corrected chi connectivity index (χ4v) is 3.76. The smallest absolute Gasteiger partial charge is 0.186 e. The van der Waals surface area contributed by atoms with Crippen molar-refractivity contribution in [3.63, 3.8) is 0 Å². The van der Waals surface area contributed by atoms with Gasteiger partial charge in [0, 0.05) is 30.1 Å². The first-order valence-corrected chi connectivity index (χ1v) is 8.97. The molecular weight excluding hydrogens is 266 g/mol. The zero-order valence-electron chi connectivity index (χ0n) is 13.0. The average Bonchev–Trinajstić information content (AvgIpc) is 3.33. The molecular formula is C16H27N3S. The molecule has 2 fully saturated rings. The summed E-state index contributed by atoms with van der Waals surface area (Å²) >= 11 is 1.91. The van der Waals surface area contributed by atoms with Crippen molar-refractivity contribution in [1.82, 2.24) is 10.3 Å². The Bertz CT molecular complexity index is 447. The van der Waals surface area contributed by atoms with Gasteiger partial charge in [-0.3, -0.25) is 0 Å². The van der Waals surface area contributed by atoms with Gasteiger partial charge in [0.2, 0.25) is 0 Å². The van der Waals surface area contributed by atoms with Crippen LogP contribution in [0.1, 0.15) is 57.0 Å². The molecule has 3 rings (SSSR count). The largest absolute Gasteiger partial charge is 0.345 e. The minimum Gasteiger partial charge on any atom is -0.345 e. The fourth-order valence-electron chi connectivity index (χ4n) is 2.52. The summed E-state index contributed by atoms with van der Waals surface area (Å²) in [5.41, 5.74) is 1.31. The number of nitrogens with zero attached hydrogens (tertiary/aromatic N) is 2. The normalized spacial score (nSPS) is 18.8. The van der Waals surface area contributed by atoms with Crippen LogP contribution in [0.5, 0.6) is 0 Å². The average molecular weight is 293 g/mol. The number of thiazole rings is 1. The van der Waals surface area contributed by atoms with Gasteiger partial charge in [0.25, 0.3) is 0 Å². The van der Waals surface area contributed by atoms with Crippen molar-refractivity contribution in [3.05, 3.63) is 10.6 Å². The molecule has 0 unspecified atom stereocenters. The zero-order valence-corrected chi connectivity index (χ0v) is 13.8. The molecule has 3 nitrogen and oxygen atoms in total. The number of aromatic nitrogens is 1. The molecule has 20 heavy (non-hydrogen) atoms. The van der Waals surface area contributed by atoms with E-state index in [1.165, 1.54) is 47.9 Å². The first-order valence-electron chi connectivity index (χ1n) is 8.16. The quantitative estimate of drug-likeness (QED) is 0.794. The van der Waals surface area contributed by atoms with Gasteiger partial charge in [-0.15, -0.1) is 11.3 Å². The maximum Gasteiger partial charge on any atom is 0.186 e. The number of anilines is 1. The third-order valence-corrected chi connectivity index (χ3v) is 5.39. The van der Waals surface area contributed by atoms with Crippen molar-refractivity contribution >= 4 is 16.5 Å². The van der Waals surface area contributed by atoms with Crippen LogP contribution in [-0.2, 0) is 13.0 Å². The standard InChI is InChI=1S/C16H27N3S/c1-4-14-15(9-17-13-7-8-13)20-16(18-14)19(11(2)3)10-12-5-6-12/h11-13,17H,4-10H2,1-3H3. The first-order chi connectivity index (χ1) is 9.67. The van der Waals surface area contributed by atoms with Crippen molar-refractivity contribution in [1.29, 1.82) is 0 Å². The number of hydrogen-bond acceptors (Lipinski definition) is 4. The van der Waals surface area contributed by atoms with E-state index in [0.717, 1.165) is 24.9 Å². The molecule has 1 N–H and O–H groups in total. The summed E-state index contributed by atoms with van der Waals surface area (Å²) in [7, 11) is 0. The predicted octanol–water partition coefficient (Wildman–Crippen LogP) is 3.58. The van der Waals surface area contributed by atoms with Crippen LogP contribution in [0, 0.1) is 5.92 Å². The lowest BCUT2D eigenvalue weighted by Gasteiger charge is -2.26. The summed E-state index contributed by atoms with van der Waals surface area (Å²) in [5, 5.41) is 4.88. The van der Waals surface area contributed by atoms with E-state index < -0.39 is 0 Å². The summed E-state index contributed by atoms with van der Waals surface area (Å²) in [6.07, 6.45) is 6.57. The van der Waals surface area contributed by atoms with E-state index in [4.69, 9.17) is 4.98 Å². The molecule has 2 aliphatic rings. The monoisotopic (exact) mass is 293 g/mol. The minimum absolute atomic E-state index is 0.552. The van der Waals surface area contributed by atoms with Crippen LogP contribution < -0.4 is 10.2 Å². The van der Waals surface area contributed by atoms with Gasteiger partial charge in [-0.25, -0.2) is 4.98 Å². The molecule has 0 amide bonds. The Kier molecular flexibility index (Phi) is 4.32. The van der Waals surface area contributed by atoms with Crippen LogP contribution in [0.2, 0.25) is 0 Å². The van der Waals surface area contributed by atoms with Gasteiger partial charge >= 0.3 is 0 Å². The highest BCUT2D eigenvalue weighted by molar-refractivity contribution is 7.15. The first kappa shape index (κ1) is 14.3. The predicted molar refractivity (Wildman–Crippen MR) is 86.6 cm³/mol. The second-order valence-electron chi connectivity index (χ2n) is 6.56. The Labute approximate surface area is 126 Å². The molecule has 0 bridgehead atoms. The molecule has 0 radical (unpaired) electrons. The number of hydrogen-bond donors (Lipinski definition) is 1. The molecule has 0 aromatic carbocycles. The van der Waals surface area contributed by atoms with Crippen LogP contribution in [0.25, 0.3) is 0 Å². The van der Waals surface area contributed by atoms with Gasteiger partial charge in [-0.2, -0.15) is 0 Å². The molecule has 1 aromatic rings. The van der Waals surface area contributed by atoms with Crippen LogP contribution in [0.3, 0.4) is 0 Å². The molecule has 1 heterocycles. The van der Waals surface area contributed by atoms with Crippen molar-refractivity contribution in [2.24, 2.45) is 5.92 Å². The zero-order chi connectivity index (χ0) is 14.1. The van der Waals surface area contributed by atoms with Crippen LogP contribution in [-0.4, -0.2) is 23.6 Å². The molecule has 0 spiro atoms. The Hall–Kier alpha value is -0.610. The number of nitrogens with one attached hydrogen (secondary N) is 1. The molecule has 112 valence electrons. The molecule has 0 atom stereocenters. The minimum atomic E-state index is 0.552. The SMILES string of the molecule is CCc1nc(N(CC2CC2)C(C)C)sc1CNC1CC1. The third-order valence-electron chi connectivity index (χ3n) is 4.25. The lowest BCUT2D eigenvalue weighted by Crippen LogP contribution is -2.32. The Morgan fingerprint density at radius 3 is 2.60 bits per heavy atom. The van der Waals surface area contributed by atoms with Crippen molar-refractivity contribution in [2.75, 3.05) is 11.4 Å². The van der Waals surface area contributed by atoms with Gasteiger partial charge in [0.15, 0.2) is 5.13 Å². The molecule has 2 saturated carbocycles. The molecule has 0 saturated heterocycles. The molecule has 1 aromatic heterocycles. The van der Waals surface area contributed by atoms with E-state index in [-0.39, 0.29) is 0 Å². The molecule has 2 aliphatic carbocycles. The summed E-state index contributed by atoms with van der Waals surface area (Å²) in [6, 6.07) is 1.33. The number of aryl methyl sites for hydroxylation is 1. The lowest BCUT2D eigenvalue weighted by molar-refractivity contribution is 0.641. The van der Waals surface area contributed by atoms with Gasteiger partial charge in [-0.1, -0.05) is 6.92 Å². The van der Waals surface area contributed by atoms with E-state index in [0.29, 0.717) is 6.04 Å². The van der Waals surface area contributed by atoms with Gasteiger partial charge in [-0.05, 0) is 51.9 Å². The second-order valence-corrected chi connectivity index (χ2v) is 7.63. The number of rotatable bonds is 8. The van der Waals surface area contributed by atoms with E-state index in [2.05, 4.69) is 31.0 Å². The lowest BCUT2D eigenvalue weighted by atomic mass is 10.3. The molecule has 0 aliphatic heterocycles. The maximum absolute atomic E-state index is 4.93. The highest BCUT2D eigenvalue weighted by atomic mass is 32.1. The van der Waals surface area contributed by atoms with Crippen LogP contribution >= 0.6 is 11.3 Å². The van der Waals surface area contributed by atoms with Crippen molar-refractivity contribution in [3.8, 4) is 0 Å². The summed E-state index contributed by atoms with van der Waals surface area (Å²) in [4.78, 5) is 8.90. The Morgan fingerprint density at radius 1 is 1.30 bits per heavy atom. The topological polar surface area (TPSA) is 28.2 Å². The van der Waals surface area contributed by atoms with E-state index in [1.54, 1.807) is 0 Å². The van der Waals surface area contributed by atoms with Crippen LogP contribution in [0.4, 0.5) is 5.13 Å². The highest BCUT2D eigenvalue weighted by Gasteiger charge is 2.28. The summed E-state index contributed by atoms with van der Waals surface area (Å²) in [6.45, 7) is 9.01. The fraction of sp³-hybridized carbons (Fsp3) is 0.812. The maximum atomic E-state index is 4.93. The van der Waals surface area contributed by atoms with Gasteiger partial charge in [0.1, 0.15) is 0 Å². The Balaban J connectivity index is 1.72. The Morgan fingerprint density at radius 2 is 2.05 bits per heavy atom. The van der Waals surface area contributed by atoms with Gasteiger partial charge < -0.3 is 10.2 Å². The van der Waals surface area contributed by atoms with Crippen molar-refractivity contribution < 1.29 is 0 Å². The van der Waals surface area contributed by atoms with E-state index >= 15 is 0 Å².